The number of nitrogens with one attached hydrogen (secondary N) is 1. The van der Waals surface area contributed by atoms with Crippen LogP contribution in [0.3, 0.4) is 0 Å². The third kappa shape index (κ3) is 3.58. The molecule has 4 heteroatoms. The number of fused-ring (bicyclic) bond motifs is 1. The highest BCUT2D eigenvalue weighted by Crippen LogP contribution is 2.32. The van der Waals surface area contributed by atoms with E-state index in [1.807, 2.05) is 24.3 Å². The van der Waals surface area contributed by atoms with E-state index in [9.17, 15) is 4.79 Å². The number of para-hydroxylation sites is 2. The zero-order chi connectivity index (χ0) is 18.0. The van der Waals surface area contributed by atoms with E-state index in [2.05, 4.69) is 56.4 Å². The highest BCUT2D eigenvalue weighted by Gasteiger charge is 2.18. The van der Waals surface area contributed by atoms with Crippen LogP contribution in [0.25, 0.3) is 11.0 Å². The van der Waals surface area contributed by atoms with Crippen molar-refractivity contribution in [2.45, 2.75) is 46.0 Å². The van der Waals surface area contributed by atoms with Crippen LogP contribution in [0.1, 0.15) is 56.4 Å². The molecule has 3 rings (SSSR count). The first-order chi connectivity index (χ1) is 12.0. The van der Waals surface area contributed by atoms with Gasteiger partial charge in [-0.3, -0.25) is 4.79 Å². The third-order valence-electron chi connectivity index (χ3n) is 4.42. The highest BCUT2D eigenvalue weighted by atomic mass is 16.5. The Balaban J connectivity index is 1.88. The molecule has 0 saturated carbocycles. The molecule has 0 fully saturated rings. The molecule has 3 aromatic rings. The number of carbonyl (C=O) groups excluding carboxylic acids is 1. The van der Waals surface area contributed by atoms with Gasteiger partial charge in [-0.2, -0.15) is 0 Å². The van der Waals surface area contributed by atoms with Gasteiger partial charge in [-0.15, -0.1) is 0 Å². The van der Waals surface area contributed by atoms with Crippen molar-refractivity contribution in [3.63, 3.8) is 0 Å². The van der Waals surface area contributed by atoms with Gasteiger partial charge in [0, 0.05) is 11.1 Å². The second kappa shape index (κ2) is 7.09. The molecule has 1 N–H and O–H groups in total. The Hall–Kier alpha value is -2.62. The van der Waals surface area contributed by atoms with Crippen LogP contribution in [0.5, 0.6) is 0 Å². The topological polar surface area (TPSA) is 55.1 Å². The normalized spacial score (nSPS) is 11.4. The van der Waals surface area contributed by atoms with Gasteiger partial charge < -0.3 is 9.84 Å². The van der Waals surface area contributed by atoms with Crippen LogP contribution in [0.15, 0.2) is 47.0 Å². The van der Waals surface area contributed by atoms with E-state index < -0.39 is 0 Å². The van der Waals surface area contributed by atoms with Gasteiger partial charge in [0.1, 0.15) is 5.69 Å². The number of hydrogen-bond donors (Lipinski definition) is 1. The second-order valence-corrected chi connectivity index (χ2v) is 6.97. The fraction of sp³-hybridized carbons (Fsp3) is 0.333. The van der Waals surface area contributed by atoms with E-state index in [0.29, 0.717) is 23.1 Å². The van der Waals surface area contributed by atoms with E-state index >= 15 is 0 Å². The summed E-state index contributed by atoms with van der Waals surface area (Å²) in [5, 5.41) is 8.07. The molecule has 0 bridgehead atoms. The molecule has 25 heavy (non-hydrogen) atoms. The van der Waals surface area contributed by atoms with Crippen LogP contribution < -0.4 is 5.32 Å². The van der Waals surface area contributed by atoms with Crippen molar-refractivity contribution in [2.24, 2.45) is 0 Å². The molecule has 0 aliphatic heterocycles. The summed E-state index contributed by atoms with van der Waals surface area (Å²) in [6, 6.07) is 13.8. The van der Waals surface area contributed by atoms with Crippen LogP contribution in [0.2, 0.25) is 0 Å². The van der Waals surface area contributed by atoms with E-state index in [0.717, 1.165) is 22.2 Å². The minimum Gasteiger partial charge on any atom is -0.356 e. The van der Waals surface area contributed by atoms with Crippen LogP contribution in [-0.4, -0.2) is 11.1 Å². The maximum absolute atomic E-state index is 12.7. The number of amides is 1. The minimum atomic E-state index is -0.0750. The van der Waals surface area contributed by atoms with Gasteiger partial charge >= 0.3 is 0 Å². The lowest BCUT2D eigenvalue weighted by atomic mass is 9.92. The Morgan fingerprint density at radius 2 is 1.64 bits per heavy atom. The first-order valence-corrected chi connectivity index (χ1v) is 8.73. The summed E-state index contributed by atoms with van der Waals surface area (Å²) in [5.41, 5.74) is 4.62. The molecule has 1 amide bonds. The fourth-order valence-electron chi connectivity index (χ4n) is 3.10. The molecule has 0 unspecified atom stereocenters. The van der Waals surface area contributed by atoms with E-state index in [1.165, 1.54) is 0 Å². The smallest absolute Gasteiger partial charge is 0.230 e. The van der Waals surface area contributed by atoms with Crippen LogP contribution in [0.4, 0.5) is 5.69 Å². The first kappa shape index (κ1) is 17.2. The zero-order valence-corrected chi connectivity index (χ0v) is 15.2. The molecular formula is C21H24N2O2. The molecule has 0 radical (unpaired) electrons. The standard InChI is InChI=1S/C21H24N2O2/c1-13(2)15-9-7-10-16(14(3)4)21(15)22-20(24)12-18-17-8-5-6-11-19(17)25-23-18/h5-11,13-14H,12H2,1-4H3,(H,22,24). The molecule has 0 aliphatic rings. The van der Waals surface area contributed by atoms with Crippen molar-refractivity contribution in [1.82, 2.24) is 5.16 Å². The van der Waals surface area contributed by atoms with Gasteiger partial charge in [0.2, 0.25) is 5.91 Å². The minimum absolute atomic E-state index is 0.0750. The fourth-order valence-corrected chi connectivity index (χ4v) is 3.10. The summed E-state index contributed by atoms with van der Waals surface area (Å²) in [4.78, 5) is 12.7. The van der Waals surface area contributed by atoms with Gasteiger partial charge in [0.15, 0.2) is 5.58 Å². The molecule has 0 aliphatic carbocycles. The first-order valence-electron chi connectivity index (χ1n) is 8.73. The SMILES string of the molecule is CC(C)c1cccc(C(C)C)c1NC(=O)Cc1noc2ccccc12. The number of nitrogens with zero attached hydrogens (tertiary/aromatic N) is 1. The van der Waals surface area contributed by atoms with Crippen molar-refractivity contribution in [2.75, 3.05) is 5.32 Å². The van der Waals surface area contributed by atoms with E-state index in [1.54, 1.807) is 0 Å². The Labute approximate surface area is 148 Å². The summed E-state index contributed by atoms with van der Waals surface area (Å²) < 4.78 is 5.29. The molecular weight excluding hydrogens is 312 g/mol. The number of aromatic nitrogens is 1. The Bertz CT molecular complexity index is 868. The van der Waals surface area contributed by atoms with Crippen molar-refractivity contribution in [3.8, 4) is 0 Å². The summed E-state index contributed by atoms with van der Waals surface area (Å²) in [6.07, 6.45) is 0.195. The number of carbonyl (C=O) groups is 1. The number of anilines is 1. The van der Waals surface area contributed by atoms with Crippen LogP contribution in [-0.2, 0) is 11.2 Å². The average Bonchev–Trinajstić information content (AvgIpc) is 2.97. The molecule has 4 nitrogen and oxygen atoms in total. The van der Waals surface area contributed by atoms with Gasteiger partial charge in [-0.05, 0) is 35.1 Å². The third-order valence-corrected chi connectivity index (χ3v) is 4.42. The highest BCUT2D eigenvalue weighted by molar-refractivity contribution is 5.96. The molecule has 0 atom stereocenters. The molecule has 1 aromatic heterocycles. The molecule has 1 heterocycles. The lowest BCUT2D eigenvalue weighted by molar-refractivity contribution is -0.115. The number of hydrogen-bond acceptors (Lipinski definition) is 3. The summed E-state index contributed by atoms with van der Waals surface area (Å²) in [7, 11) is 0. The maximum Gasteiger partial charge on any atom is 0.230 e. The largest absolute Gasteiger partial charge is 0.356 e. The van der Waals surface area contributed by atoms with Crippen molar-refractivity contribution in [3.05, 3.63) is 59.3 Å². The van der Waals surface area contributed by atoms with E-state index in [4.69, 9.17) is 4.52 Å². The molecule has 0 spiro atoms. The predicted molar refractivity (Wildman–Crippen MR) is 101 cm³/mol. The van der Waals surface area contributed by atoms with Crippen molar-refractivity contribution in [1.29, 1.82) is 0 Å². The van der Waals surface area contributed by atoms with Gasteiger partial charge in [0.25, 0.3) is 0 Å². The van der Waals surface area contributed by atoms with Crippen LogP contribution >= 0.6 is 0 Å². The maximum atomic E-state index is 12.7. The number of benzene rings is 2. The van der Waals surface area contributed by atoms with E-state index in [-0.39, 0.29) is 12.3 Å². The summed E-state index contributed by atoms with van der Waals surface area (Å²) in [6.45, 7) is 8.56. The molecule has 2 aromatic carbocycles. The number of rotatable bonds is 5. The molecule has 130 valence electrons. The zero-order valence-electron chi connectivity index (χ0n) is 15.2. The Morgan fingerprint density at radius 1 is 1.00 bits per heavy atom. The van der Waals surface area contributed by atoms with Gasteiger partial charge in [0.05, 0.1) is 6.42 Å². The molecule has 0 saturated heterocycles. The lowest BCUT2D eigenvalue weighted by Gasteiger charge is -2.20. The monoisotopic (exact) mass is 336 g/mol. The predicted octanol–water partition coefficient (Wildman–Crippen LogP) is 5.26. The van der Waals surface area contributed by atoms with Gasteiger partial charge in [-0.1, -0.05) is 63.2 Å². The van der Waals surface area contributed by atoms with Crippen molar-refractivity contribution < 1.29 is 9.32 Å². The summed E-state index contributed by atoms with van der Waals surface area (Å²) in [5.74, 6) is 0.595. The van der Waals surface area contributed by atoms with Gasteiger partial charge in [-0.25, -0.2) is 0 Å². The van der Waals surface area contributed by atoms with Crippen LogP contribution in [0, 0.1) is 0 Å². The second-order valence-electron chi connectivity index (χ2n) is 6.97. The quantitative estimate of drug-likeness (QED) is 0.692. The lowest BCUT2D eigenvalue weighted by Crippen LogP contribution is -2.18. The summed E-state index contributed by atoms with van der Waals surface area (Å²) >= 11 is 0. The van der Waals surface area contributed by atoms with Crippen molar-refractivity contribution >= 4 is 22.6 Å². The Morgan fingerprint density at radius 3 is 2.28 bits per heavy atom. The Kier molecular flexibility index (Phi) is 4.88. The average molecular weight is 336 g/mol.